The number of carbonyl (C=O) groups excluding carboxylic acids is 2. The molecule has 0 saturated heterocycles. The number of carbonyl (C=O) groups is 2. The zero-order valence-corrected chi connectivity index (χ0v) is 21.5. The lowest BCUT2D eigenvalue weighted by molar-refractivity contribution is -0.129. The maximum Gasteiger partial charge on any atom is 0.243 e. The van der Waals surface area contributed by atoms with E-state index in [9.17, 15) is 9.59 Å². The molecule has 0 unspecified atom stereocenters. The molecule has 2 amide bonds. The third-order valence-corrected chi connectivity index (χ3v) is 6.58. The summed E-state index contributed by atoms with van der Waals surface area (Å²) in [6.45, 7) is 2.66. The molecule has 1 aliphatic carbocycles. The Morgan fingerprint density at radius 1 is 1.03 bits per heavy atom. The maximum absolute atomic E-state index is 12.0. The number of H-pyrrole nitrogens is 1. The number of aromatic nitrogens is 4. The Labute approximate surface area is 219 Å². The second kappa shape index (κ2) is 13.1. The zero-order valence-electron chi connectivity index (χ0n) is 20.7. The Bertz CT molecular complexity index is 1200. The van der Waals surface area contributed by atoms with Crippen LogP contribution < -0.4 is 21.4 Å². The van der Waals surface area contributed by atoms with E-state index in [0.717, 1.165) is 61.3 Å². The number of nitrogens with one attached hydrogen (secondary N) is 5. The van der Waals surface area contributed by atoms with Gasteiger partial charge in [0.1, 0.15) is 11.6 Å². The second-order valence-corrected chi connectivity index (χ2v) is 10.0. The number of amides is 2. The summed E-state index contributed by atoms with van der Waals surface area (Å²) in [6, 6.07) is 11.4. The fourth-order valence-electron chi connectivity index (χ4n) is 3.58. The Balaban J connectivity index is 1.36. The number of hydrogen-bond acceptors (Lipinski definition) is 9. The monoisotopic (exact) mass is 524 g/mol. The van der Waals surface area contributed by atoms with Gasteiger partial charge in [-0.15, -0.1) is 0 Å². The highest BCUT2D eigenvalue weighted by Gasteiger charge is 2.29. The normalized spacial score (nSPS) is 12.7. The van der Waals surface area contributed by atoms with E-state index >= 15 is 0 Å². The van der Waals surface area contributed by atoms with E-state index in [4.69, 9.17) is 5.21 Å². The van der Waals surface area contributed by atoms with Crippen molar-refractivity contribution in [3.8, 4) is 0 Å². The lowest BCUT2D eigenvalue weighted by Gasteiger charge is -2.11. The van der Waals surface area contributed by atoms with Crippen molar-refractivity contribution in [2.75, 3.05) is 22.5 Å². The van der Waals surface area contributed by atoms with Crippen LogP contribution in [-0.4, -0.2) is 43.7 Å². The van der Waals surface area contributed by atoms with Crippen LogP contribution in [0.15, 0.2) is 46.5 Å². The molecule has 2 aromatic heterocycles. The Morgan fingerprint density at radius 2 is 1.78 bits per heavy atom. The van der Waals surface area contributed by atoms with Gasteiger partial charge in [0.25, 0.3) is 0 Å². The van der Waals surface area contributed by atoms with E-state index in [2.05, 4.69) is 36.1 Å². The van der Waals surface area contributed by atoms with Crippen LogP contribution in [-0.2, 0) is 9.59 Å². The molecule has 2 heterocycles. The SMILES string of the molecule is Cc1cc(Nc2cc(NCCCCCCC(=O)NO)nc(Sc3ccc(NC(=O)C4CC4)cc3)n2)n[nH]1. The van der Waals surface area contributed by atoms with Gasteiger partial charge in [-0.2, -0.15) is 5.10 Å². The fourth-order valence-corrected chi connectivity index (χ4v) is 4.35. The average Bonchev–Trinajstić information content (AvgIpc) is 3.66. The summed E-state index contributed by atoms with van der Waals surface area (Å²) in [7, 11) is 0. The molecule has 3 aromatic rings. The van der Waals surface area contributed by atoms with E-state index in [1.165, 1.54) is 11.8 Å². The van der Waals surface area contributed by atoms with Crippen molar-refractivity contribution in [3.63, 3.8) is 0 Å². The van der Waals surface area contributed by atoms with E-state index in [-0.39, 0.29) is 17.7 Å². The molecular formula is C25H32N8O3S. The van der Waals surface area contributed by atoms with Gasteiger partial charge in [0.15, 0.2) is 11.0 Å². The molecule has 0 atom stereocenters. The number of anilines is 4. The summed E-state index contributed by atoms with van der Waals surface area (Å²) in [4.78, 5) is 33.3. The predicted octanol–water partition coefficient (Wildman–Crippen LogP) is 4.62. The lowest BCUT2D eigenvalue weighted by Crippen LogP contribution is -2.17. The van der Waals surface area contributed by atoms with Crippen molar-refractivity contribution in [3.05, 3.63) is 42.1 Å². The second-order valence-electron chi connectivity index (χ2n) is 9.00. The van der Waals surface area contributed by atoms with E-state index < -0.39 is 0 Å². The van der Waals surface area contributed by atoms with Gasteiger partial charge < -0.3 is 16.0 Å². The van der Waals surface area contributed by atoms with Crippen LogP contribution >= 0.6 is 11.8 Å². The molecule has 4 rings (SSSR count). The van der Waals surface area contributed by atoms with Gasteiger partial charge in [-0.3, -0.25) is 19.9 Å². The number of aromatic amines is 1. The van der Waals surface area contributed by atoms with Crippen LogP contribution in [0.25, 0.3) is 0 Å². The molecule has 1 aliphatic rings. The molecular weight excluding hydrogens is 492 g/mol. The highest BCUT2D eigenvalue weighted by molar-refractivity contribution is 7.99. The van der Waals surface area contributed by atoms with Crippen molar-refractivity contribution in [1.82, 2.24) is 25.6 Å². The molecule has 11 nitrogen and oxygen atoms in total. The molecule has 196 valence electrons. The van der Waals surface area contributed by atoms with Crippen LogP contribution in [0.1, 0.15) is 50.6 Å². The Kier molecular flexibility index (Phi) is 9.33. The number of hydroxylamine groups is 1. The van der Waals surface area contributed by atoms with Gasteiger partial charge in [-0.25, -0.2) is 15.4 Å². The third-order valence-electron chi connectivity index (χ3n) is 5.71. The van der Waals surface area contributed by atoms with Gasteiger partial charge in [-0.1, -0.05) is 12.8 Å². The highest BCUT2D eigenvalue weighted by atomic mass is 32.2. The highest BCUT2D eigenvalue weighted by Crippen LogP contribution is 2.31. The lowest BCUT2D eigenvalue weighted by atomic mass is 10.1. The topological polar surface area (TPSA) is 157 Å². The summed E-state index contributed by atoms with van der Waals surface area (Å²) in [5, 5.41) is 25.8. The quantitative estimate of drug-likeness (QED) is 0.0766. The molecule has 0 spiro atoms. The third kappa shape index (κ3) is 8.76. The number of rotatable bonds is 14. The van der Waals surface area contributed by atoms with Crippen molar-refractivity contribution >= 4 is 46.7 Å². The number of unbranched alkanes of at least 4 members (excludes halogenated alkanes) is 3. The van der Waals surface area contributed by atoms with Gasteiger partial charge in [0, 0.05) is 47.3 Å². The van der Waals surface area contributed by atoms with Gasteiger partial charge >= 0.3 is 0 Å². The van der Waals surface area contributed by atoms with E-state index in [1.807, 2.05) is 43.3 Å². The summed E-state index contributed by atoms with van der Waals surface area (Å²) in [6.07, 6.45) is 5.79. The summed E-state index contributed by atoms with van der Waals surface area (Å²) in [5.74, 6) is 1.88. The van der Waals surface area contributed by atoms with Crippen LogP contribution in [0.2, 0.25) is 0 Å². The maximum atomic E-state index is 12.0. The summed E-state index contributed by atoms with van der Waals surface area (Å²) in [5.41, 5.74) is 3.38. The molecule has 1 fully saturated rings. The minimum atomic E-state index is -0.353. The Hall–Kier alpha value is -3.64. The first kappa shape index (κ1) is 26.4. The van der Waals surface area contributed by atoms with Crippen LogP contribution in [0, 0.1) is 12.8 Å². The fraction of sp³-hybridized carbons (Fsp3) is 0.400. The largest absolute Gasteiger partial charge is 0.370 e. The molecule has 0 bridgehead atoms. The first-order valence-corrected chi connectivity index (χ1v) is 13.2. The average molecular weight is 525 g/mol. The molecule has 0 radical (unpaired) electrons. The van der Waals surface area contributed by atoms with E-state index in [1.54, 1.807) is 5.48 Å². The number of hydrogen-bond donors (Lipinski definition) is 6. The van der Waals surface area contributed by atoms with Gasteiger partial charge in [0.05, 0.1) is 0 Å². The van der Waals surface area contributed by atoms with Crippen molar-refractivity contribution in [1.29, 1.82) is 0 Å². The summed E-state index contributed by atoms with van der Waals surface area (Å²) < 4.78 is 0. The van der Waals surface area contributed by atoms with Crippen molar-refractivity contribution in [2.45, 2.75) is 61.9 Å². The van der Waals surface area contributed by atoms with Crippen LogP contribution in [0.4, 0.5) is 23.1 Å². The standard InChI is InChI=1S/C25H32N8O3S/c1-16-14-22(32-31-16)28-21-15-20(26-13-5-3-2-4-6-23(34)33-36)29-25(30-21)37-19-11-9-18(10-12-19)27-24(35)17-7-8-17/h9-12,14-15,17,36H,2-8,13H2,1H3,(H,27,35)(H,33,34)(H3,26,28,29,30,31,32). The predicted molar refractivity (Wildman–Crippen MR) is 142 cm³/mol. The van der Waals surface area contributed by atoms with Crippen molar-refractivity contribution < 1.29 is 14.8 Å². The minimum absolute atomic E-state index is 0.0856. The molecule has 1 saturated carbocycles. The van der Waals surface area contributed by atoms with Crippen LogP contribution in [0.3, 0.4) is 0 Å². The number of nitrogens with zero attached hydrogens (tertiary/aromatic N) is 3. The van der Waals surface area contributed by atoms with Gasteiger partial charge in [-0.05, 0) is 68.6 Å². The van der Waals surface area contributed by atoms with Gasteiger partial charge in [0.2, 0.25) is 11.8 Å². The first-order chi connectivity index (χ1) is 18.0. The molecule has 37 heavy (non-hydrogen) atoms. The Morgan fingerprint density at radius 3 is 2.49 bits per heavy atom. The smallest absolute Gasteiger partial charge is 0.243 e. The number of benzene rings is 1. The number of aryl methyl sites for hydroxylation is 1. The van der Waals surface area contributed by atoms with Crippen LogP contribution in [0.5, 0.6) is 0 Å². The molecule has 6 N–H and O–H groups in total. The van der Waals surface area contributed by atoms with E-state index in [0.29, 0.717) is 29.0 Å². The molecule has 12 heteroatoms. The first-order valence-electron chi connectivity index (χ1n) is 12.4. The minimum Gasteiger partial charge on any atom is -0.370 e. The molecule has 1 aromatic carbocycles. The van der Waals surface area contributed by atoms with Crippen molar-refractivity contribution in [2.24, 2.45) is 5.92 Å². The summed E-state index contributed by atoms with van der Waals surface area (Å²) >= 11 is 1.43. The zero-order chi connectivity index (χ0) is 26.0. The molecule has 0 aliphatic heterocycles.